The molecule has 3 heterocycles. The standard InChI is InChI=1S/C14H19N5/c1-11-8-13(19-7-5-15-10-19)17-14(16-11)12-4-3-6-18(2)9-12/h5,7-8,10,12H,3-4,6,9H2,1-2H3/t12-/m1/s1. The first-order valence-corrected chi connectivity index (χ1v) is 6.75. The molecule has 1 atom stereocenters. The van der Waals surface area contributed by atoms with E-state index >= 15 is 0 Å². The van der Waals surface area contributed by atoms with Gasteiger partial charge in [-0.05, 0) is 33.4 Å². The molecule has 0 spiro atoms. The number of imidazole rings is 1. The van der Waals surface area contributed by atoms with E-state index in [9.17, 15) is 0 Å². The van der Waals surface area contributed by atoms with Crippen molar-refractivity contribution in [3.63, 3.8) is 0 Å². The molecule has 0 bridgehead atoms. The molecule has 0 aliphatic carbocycles. The Bertz CT molecular complexity index is 549. The number of rotatable bonds is 2. The third-order valence-corrected chi connectivity index (χ3v) is 3.62. The number of likely N-dealkylation sites (N-methyl/N-ethyl adjacent to an activating group) is 1. The monoisotopic (exact) mass is 257 g/mol. The lowest BCUT2D eigenvalue weighted by molar-refractivity contribution is 0.245. The number of nitrogens with zero attached hydrogens (tertiary/aromatic N) is 5. The minimum Gasteiger partial charge on any atom is -0.306 e. The zero-order valence-electron chi connectivity index (χ0n) is 11.5. The van der Waals surface area contributed by atoms with E-state index in [0.717, 1.165) is 23.9 Å². The molecule has 0 N–H and O–H groups in total. The Labute approximate surface area is 113 Å². The van der Waals surface area contributed by atoms with Crippen molar-refractivity contribution in [1.29, 1.82) is 0 Å². The van der Waals surface area contributed by atoms with Gasteiger partial charge < -0.3 is 4.90 Å². The molecule has 0 radical (unpaired) electrons. The number of hydrogen-bond donors (Lipinski definition) is 0. The predicted molar refractivity (Wildman–Crippen MR) is 73.4 cm³/mol. The Morgan fingerprint density at radius 3 is 2.95 bits per heavy atom. The van der Waals surface area contributed by atoms with Gasteiger partial charge in [-0.1, -0.05) is 0 Å². The topological polar surface area (TPSA) is 46.8 Å². The quantitative estimate of drug-likeness (QED) is 0.822. The van der Waals surface area contributed by atoms with Gasteiger partial charge in [-0.15, -0.1) is 0 Å². The van der Waals surface area contributed by atoms with Crippen LogP contribution in [0, 0.1) is 6.92 Å². The normalized spacial score (nSPS) is 20.6. The first kappa shape index (κ1) is 12.3. The van der Waals surface area contributed by atoms with Crippen LogP contribution in [0.15, 0.2) is 24.8 Å². The third-order valence-electron chi connectivity index (χ3n) is 3.62. The SMILES string of the molecule is Cc1cc(-n2ccnc2)nc([C@@H]2CCCN(C)C2)n1. The Morgan fingerprint density at radius 1 is 1.32 bits per heavy atom. The van der Waals surface area contributed by atoms with Gasteiger partial charge >= 0.3 is 0 Å². The number of likely N-dealkylation sites (tertiary alicyclic amines) is 1. The van der Waals surface area contributed by atoms with Gasteiger partial charge in [-0.25, -0.2) is 15.0 Å². The maximum absolute atomic E-state index is 4.72. The van der Waals surface area contributed by atoms with E-state index in [-0.39, 0.29) is 0 Å². The largest absolute Gasteiger partial charge is 0.306 e. The zero-order chi connectivity index (χ0) is 13.2. The molecule has 1 aliphatic heterocycles. The molecular weight excluding hydrogens is 238 g/mol. The van der Waals surface area contributed by atoms with Gasteiger partial charge in [0.05, 0.1) is 0 Å². The van der Waals surface area contributed by atoms with Gasteiger partial charge in [0.2, 0.25) is 0 Å². The van der Waals surface area contributed by atoms with Gasteiger partial charge in [0, 0.05) is 36.6 Å². The maximum atomic E-state index is 4.72. The van der Waals surface area contributed by atoms with Crippen LogP contribution >= 0.6 is 0 Å². The average molecular weight is 257 g/mol. The zero-order valence-corrected chi connectivity index (χ0v) is 11.5. The van der Waals surface area contributed by atoms with Crippen molar-refractivity contribution >= 4 is 0 Å². The summed E-state index contributed by atoms with van der Waals surface area (Å²) in [4.78, 5) is 15.8. The highest BCUT2D eigenvalue weighted by atomic mass is 15.1. The first-order valence-electron chi connectivity index (χ1n) is 6.75. The molecular formula is C14H19N5. The molecule has 1 fully saturated rings. The summed E-state index contributed by atoms with van der Waals surface area (Å²) in [5, 5.41) is 0. The number of aromatic nitrogens is 4. The fourth-order valence-corrected chi connectivity index (χ4v) is 2.66. The Balaban J connectivity index is 1.93. The lowest BCUT2D eigenvalue weighted by atomic mass is 9.97. The van der Waals surface area contributed by atoms with E-state index in [4.69, 9.17) is 4.98 Å². The van der Waals surface area contributed by atoms with Crippen LogP contribution in [0.3, 0.4) is 0 Å². The van der Waals surface area contributed by atoms with E-state index < -0.39 is 0 Å². The highest BCUT2D eigenvalue weighted by Gasteiger charge is 2.22. The third kappa shape index (κ3) is 2.66. The first-order chi connectivity index (χ1) is 9.22. The molecule has 2 aromatic heterocycles. The molecule has 5 nitrogen and oxygen atoms in total. The van der Waals surface area contributed by atoms with Crippen molar-refractivity contribution in [2.24, 2.45) is 0 Å². The van der Waals surface area contributed by atoms with Crippen LogP contribution < -0.4 is 0 Å². The van der Waals surface area contributed by atoms with E-state index in [1.54, 1.807) is 12.5 Å². The van der Waals surface area contributed by atoms with Crippen LogP contribution in [0.2, 0.25) is 0 Å². The number of aryl methyl sites for hydroxylation is 1. The van der Waals surface area contributed by atoms with Gasteiger partial charge in [-0.2, -0.15) is 0 Å². The van der Waals surface area contributed by atoms with Gasteiger partial charge in [0.15, 0.2) is 0 Å². The second-order valence-corrected chi connectivity index (χ2v) is 5.30. The van der Waals surface area contributed by atoms with Crippen LogP contribution in [0.4, 0.5) is 0 Å². The fourth-order valence-electron chi connectivity index (χ4n) is 2.66. The Morgan fingerprint density at radius 2 is 2.21 bits per heavy atom. The second-order valence-electron chi connectivity index (χ2n) is 5.30. The Hall–Kier alpha value is -1.75. The molecule has 3 rings (SSSR count). The molecule has 2 aromatic rings. The smallest absolute Gasteiger partial charge is 0.141 e. The maximum Gasteiger partial charge on any atom is 0.141 e. The van der Waals surface area contributed by atoms with Crippen molar-refractivity contribution in [3.05, 3.63) is 36.3 Å². The van der Waals surface area contributed by atoms with Crippen molar-refractivity contribution in [3.8, 4) is 5.82 Å². The lowest BCUT2D eigenvalue weighted by Crippen LogP contribution is -2.31. The molecule has 5 heteroatoms. The molecule has 0 saturated carbocycles. The minimum absolute atomic E-state index is 0.445. The van der Waals surface area contributed by atoms with E-state index in [0.29, 0.717) is 5.92 Å². The molecule has 19 heavy (non-hydrogen) atoms. The molecule has 100 valence electrons. The van der Waals surface area contributed by atoms with Crippen LogP contribution in [0.25, 0.3) is 5.82 Å². The van der Waals surface area contributed by atoms with Crippen LogP contribution in [0.5, 0.6) is 0 Å². The van der Waals surface area contributed by atoms with Crippen LogP contribution in [-0.2, 0) is 0 Å². The van der Waals surface area contributed by atoms with Gasteiger partial charge in [0.1, 0.15) is 18.0 Å². The number of hydrogen-bond acceptors (Lipinski definition) is 4. The van der Waals surface area contributed by atoms with Gasteiger partial charge in [-0.3, -0.25) is 4.57 Å². The van der Waals surface area contributed by atoms with Crippen LogP contribution in [0.1, 0.15) is 30.3 Å². The summed E-state index contributed by atoms with van der Waals surface area (Å²) in [5.41, 5.74) is 1.02. The van der Waals surface area contributed by atoms with Crippen molar-refractivity contribution in [1.82, 2.24) is 24.4 Å². The summed E-state index contributed by atoms with van der Waals surface area (Å²) in [6.07, 6.45) is 7.86. The average Bonchev–Trinajstić information content (AvgIpc) is 2.92. The lowest BCUT2D eigenvalue weighted by Gasteiger charge is -2.28. The highest BCUT2D eigenvalue weighted by molar-refractivity contribution is 5.25. The summed E-state index contributed by atoms with van der Waals surface area (Å²) in [7, 11) is 2.17. The molecule has 1 saturated heterocycles. The highest BCUT2D eigenvalue weighted by Crippen LogP contribution is 2.24. The summed E-state index contributed by atoms with van der Waals surface area (Å²) in [5.74, 6) is 2.32. The Kier molecular flexibility index (Phi) is 3.29. The summed E-state index contributed by atoms with van der Waals surface area (Å²) in [6.45, 7) is 4.25. The van der Waals surface area contributed by atoms with Crippen molar-refractivity contribution in [2.45, 2.75) is 25.7 Å². The predicted octanol–water partition coefficient (Wildman–Crippen LogP) is 1.78. The van der Waals surface area contributed by atoms with Gasteiger partial charge in [0.25, 0.3) is 0 Å². The molecule has 0 unspecified atom stereocenters. The molecule has 0 amide bonds. The van der Waals surface area contributed by atoms with Crippen molar-refractivity contribution in [2.75, 3.05) is 20.1 Å². The summed E-state index contributed by atoms with van der Waals surface area (Å²) < 4.78 is 1.94. The van der Waals surface area contributed by atoms with Crippen molar-refractivity contribution < 1.29 is 0 Å². The van der Waals surface area contributed by atoms with E-state index in [2.05, 4.69) is 21.9 Å². The van der Waals surface area contributed by atoms with E-state index in [1.165, 1.54) is 19.4 Å². The summed E-state index contributed by atoms with van der Waals surface area (Å²) >= 11 is 0. The minimum atomic E-state index is 0.445. The molecule has 1 aliphatic rings. The second kappa shape index (κ2) is 5.09. The molecule has 0 aromatic carbocycles. The van der Waals surface area contributed by atoms with E-state index in [1.807, 2.05) is 23.8 Å². The fraction of sp³-hybridized carbons (Fsp3) is 0.500. The number of piperidine rings is 1. The summed E-state index contributed by atoms with van der Waals surface area (Å²) in [6, 6.07) is 2.00. The van der Waals surface area contributed by atoms with Crippen LogP contribution in [-0.4, -0.2) is 44.6 Å².